The Morgan fingerprint density at radius 2 is 1.75 bits per heavy atom. The molecule has 1 aromatic carbocycles. The van der Waals surface area contributed by atoms with Gasteiger partial charge < -0.3 is 4.84 Å². The second-order valence-corrected chi connectivity index (χ2v) is 5.21. The molecule has 0 aliphatic carbocycles. The molecule has 0 bridgehead atoms. The quantitative estimate of drug-likeness (QED) is 0.749. The van der Waals surface area contributed by atoms with E-state index in [0.717, 1.165) is 18.7 Å². The average molecular weight is 243 g/mol. The molecule has 0 radical (unpaired) electrons. The lowest BCUT2D eigenvalue weighted by Gasteiger charge is -2.19. The maximum Gasteiger partial charge on any atom is 0.330 e. The first-order valence-corrected chi connectivity index (χ1v) is 6.41. The maximum atomic E-state index is 11.4. The Kier molecular flexibility index (Phi) is 3.54. The van der Waals surface area contributed by atoms with Crippen molar-refractivity contribution in [2.45, 2.75) is 13.8 Å². The van der Waals surface area contributed by atoms with Crippen LogP contribution in [0.3, 0.4) is 0 Å². The molecule has 1 aromatic rings. The molecule has 0 heterocycles. The minimum atomic E-state index is -3.64. The molecule has 6 heteroatoms. The van der Waals surface area contributed by atoms with Gasteiger partial charge in [-0.15, -0.1) is 0 Å². The summed E-state index contributed by atoms with van der Waals surface area (Å²) in [6.07, 6.45) is 0.968. The van der Waals surface area contributed by atoms with Crippen LogP contribution in [0.25, 0.3) is 0 Å². The monoisotopic (exact) mass is 243 g/mol. The van der Waals surface area contributed by atoms with Crippen molar-refractivity contribution in [3.8, 4) is 0 Å². The molecule has 0 aliphatic heterocycles. The van der Waals surface area contributed by atoms with E-state index in [1.807, 2.05) is 6.92 Å². The van der Waals surface area contributed by atoms with Crippen LogP contribution in [0.2, 0.25) is 0 Å². The summed E-state index contributed by atoms with van der Waals surface area (Å²) in [5, 5.41) is 0. The topological polar surface area (TPSA) is 63.7 Å². The number of aryl methyl sites for hydroxylation is 1. The fourth-order valence-corrected chi connectivity index (χ4v) is 1.84. The minimum absolute atomic E-state index is 0.295. The molecule has 0 aromatic heterocycles. The van der Waals surface area contributed by atoms with E-state index in [9.17, 15) is 13.2 Å². The van der Waals surface area contributed by atoms with E-state index in [1.54, 1.807) is 24.3 Å². The molecule has 0 N–H and O–H groups in total. The second kappa shape index (κ2) is 4.52. The molecule has 5 nitrogen and oxygen atoms in total. The van der Waals surface area contributed by atoms with E-state index < -0.39 is 16.0 Å². The Hall–Kier alpha value is -1.56. The van der Waals surface area contributed by atoms with Crippen molar-refractivity contribution in [2.75, 3.05) is 10.7 Å². The van der Waals surface area contributed by atoms with Crippen LogP contribution in [0, 0.1) is 6.92 Å². The fraction of sp³-hybridized carbons (Fsp3) is 0.300. The molecule has 0 saturated carbocycles. The van der Waals surface area contributed by atoms with Crippen LogP contribution < -0.4 is 4.47 Å². The number of hydrogen-bond donors (Lipinski definition) is 0. The van der Waals surface area contributed by atoms with Gasteiger partial charge in [0.15, 0.2) is 0 Å². The zero-order valence-electron chi connectivity index (χ0n) is 9.30. The first-order chi connectivity index (χ1) is 7.30. The van der Waals surface area contributed by atoms with Gasteiger partial charge in [-0.2, -0.15) is 0 Å². The first kappa shape index (κ1) is 12.5. The Bertz CT molecular complexity index is 478. The summed E-state index contributed by atoms with van der Waals surface area (Å²) < 4.78 is 23.4. The predicted molar refractivity (Wildman–Crippen MR) is 60.3 cm³/mol. The van der Waals surface area contributed by atoms with Crippen LogP contribution in [-0.4, -0.2) is 20.6 Å². The number of sulfonamides is 1. The third kappa shape index (κ3) is 3.23. The van der Waals surface area contributed by atoms with Crippen molar-refractivity contribution in [2.24, 2.45) is 0 Å². The van der Waals surface area contributed by atoms with Crippen LogP contribution in [0.1, 0.15) is 12.5 Å². The standard InChI is InChI=1S/C10H13NO4S/c1-8-4-6-10(7-5-8)11(15-9(2)12)16(3,13)14/h4-7H,1-3H3. The van der Waals surface area contributed by atoms with Gasteiger partial charge in [-0.05, 0) is 19.1 Å². The van der Waals surface area contributed by atoms with Crippen molar-refractivity contribution in [3.63, 3.8) is 0 Å². The van der Waals surface area contributed by atoms with Gasteiger partial charge in [-0.3, -0.25) is 0 Å². The molecule has 88 valence electrons. The Balaban J connectivity index is 3.11. The number of benzene rings is 1. The number of anilines is 1. The molecule has 0 aliphatic rings. The van der Waals surface area contributed by atoms with Crippen molar-refractivity contribution in [1.82, 2.24) is 0 Å². The van der Waals surface area contributed by atoms with E-state index in [1.165, 1.54) is 0 Å². The van der Waals surface area contributed by atoms with Crippen LogP contribution in [0.5, 0.6) is 0 Å². The summed E-state index contributed by atoms with van der Waals surface area (Å²) in [4.78, 5) is 15.5. The van der Waals surface area contributed by atoms with Gasteiger partial charge in [-0.1, -0.05) is 22.2 Å². The maximum absolute atomic E-state index is 11.4. The van der Waals surface area contributed by atoms with Gasteiger partial charge in [-0.25, -0.2) is 13.2 Å². The van der Waals surface area contributed by atoms with E-state index in [0.29, 0.717) is 10.2 Å². The number of rotatable bonds is 3. The molecule has 0 spiro atoms. The summed E-state index contributed by atoms with van der Waals surface area (Å²) in [6, 6.07) is 6.60. The largest absolute Gasteiger partial charge is 0.330 e. The SMILES string of the molecule is CC(=O)ON(c1ccc(C)cc1)S(C)(=O)=O. The summed E-state index contributed by atoms with van der Waals surface area (Å²) in [6.45, 7) is 3.02. The van der Waals surface area contributed by atoms with Gasteiger partial charge in [0.25, 0.3) is 10.0 Å². The Morgan fingerprint density at radius 3 is 2.12 bits per heavy atom. The van der Waals surface area contributed by atoms with Crippen LogP contribution in [0.15, 0.2) is 24.3 Å². The van der Waals surface area contributed by atoms with E-state index in [-0.39, 0.29) is 0 Å². The summed E-state index contributed by atoms with van der Waals surface area (Å²) in [5.74, 6) is -0.689. The Morgan fingerprint density at radius 1 is 1.25 bits per heavy atom. The molecule has 0 amide bonds. The van der Waals surface area contributed by atoms with Gasteiger partial charge in [0, 0.05) is 6.92 Å². The normalized spacial score (nSPS) is 10.9. The third-order valence-corrected chi connectivity index (χ3v) is 2.65. The smallest absolute Gasteiger partial charge is 0.326 e. The number of carbonyl (C=O) groups is 1. The molecular formula is C10H13NO4S. The number of carbonyl (C=O) groups excluding carboxylic acids is 1. The summed E-state index contributed by atoms with van der Waals surface area (Å²) in [7, 11) is -3.64. The summed E-state index contributed by atoms with van der Waals surface area (Å²) in [5.41, 5.74) is 1.28. The highest BCUT2D eigenvalue weighted by molar-refractivity contribution is 7.91. The first-order valence-electron chi connectivity index (χ1n) is 4.56. The van der Waals surface area contributed by atoms with Crippen molar-refractivity contribution < 1.29 is 18.0 Å². The fourth-order valence-electron chi connectivity index (χ4n) is 1.10. The van der Waals surface area contributed by atoms with E-state index in [2.05, 4.69) is 4.84 Å². The lowest BCUT2D eigenvalue weighted by Crippen LogP contribution is -2.31. The van der Waals surface area contributed by atoms with Crippen molar-refractivity contribution in [1.29, 1.82) is 0 Å². The highest BCUT2D eigenvalue weighted by atomic mass is 32.2. The van der Waals surface area contributed by atoms with Crippen LogP contribution >= 0.6 is 0 Å². The zero-order valence-corrected chi connectivity index (χ0v) is 10.1. The van der Waals surface area contributed by atoms with Gasteiger partial charge in [0.05, 0.1) is 11.9 Å². The highest BCUT2D eigenvalue weighted by Crippen LogP contribution is 2.18. The third-order valence-electron chi connectivity index (χ3n) is 1.76. The van der Waals surface area contributed by atoms with Gasteiger partial charge >= 0.3 is 5.97 Å². The molecule has 0 unspecified atom stereocenters. The zero-order chi connectivity index (χ0) is 12.3. The molecule has 0 atom stereocenters. The molecule has 16 heavy (non-hydrogen) atoms. The van der Waals surface area contributed by atoms with Gasteiger partial charge in [0.1, 0.15) is 0 Å². The summed E-state index contributed by atoms with van der Waals surface area (Å²) >= 11 is 0. The van der Waals surface area contributed by atoms with E-state index in [4.69, 9.17) is 0 Å². The Labute approximate surface area is 94.6 Å². The predicted octanol–water partition coefficient (Wildman–Crippen LogP) is 1.24. The van der Waals surface area contributed by atoms with Crippen LogP contribution in [-0.2, 0) is 19.7 Å². The van der Waals surface area contributed by atoms with E-state index >= 15 is 0 Å². The second-order valence-electron chi connectivity index (χ2n) is 3.41. The molecule has 0 saturated heterocycles. The number of nitrogens with zero attached hydrogens (tertiary/aromatic N) is 1. The minimum Gasteiger partial charge on any atom is -0.326 e. The van der Waals surface area contributed by atoms with Crippen molar-refractivity contribution >= 4 is 21.7 Å². The van der Waals surface area contributed by atoms with Crippen LogP contribution in [0.4, 0.5) is 5.69 Å². The molecular weight excluding hydrogens is 230 g/mol. The van der Waals surface area contributed by atoms with Gasteiger partial charge in [0.2, 0.25) is 0 Å². The highest BCUT2D eigenvalue weighted by Gasteiger charge is 2.20. The molecule has 1 rings (SSSR count). The van der Waals surface area contributed by atoms with Crippen molar-refractivity contribution in [3.05, 3.63) is 29.8 Å². The lowest BCUT2D eigenvalue weighted by molar-refractivity contribution is -0.140. The average Bonchev–Trinajstić information content (AvgIpc) is 2.14. The lowest BCUT2D eigenvalue weighted by atomic mass is 10.2. The molecule has 0 fully saturated rings. The number of hydrogen-bond acceptors (Lipinski definition) is 4.